The predicted octanol–water partition coefficient (Wildman–Crippen LogP) is 3.24. The Hall–Kier alpha value is -3.09. The fraction of sp³-hybridized carbons (Fsp3) is 0.409. The van der Waals surface area contributed by atoms with Crippen LogP contribution in [0.5, 0.6) is 5.75 Å². The van der Waals surface area contributed by atoms with Gasteiger partial charge in [0.05, 0.1) is 19.1 Å². The number of amides is 1. The number of esters is 1. The Labute approximate surface area is 171 Å². The summed E-state index contributed by atoms with van der Waals surface area (Å²) >= 11 is 0. The lowest BCUT2D eigenvalue weighted by atomic mass is 10.1. The molecule has 0 atom stereocenters. The molecule has 2 rings (SSSR count). The van der Waals surface area contributed by atoms with Crippen LogP contribution in [0.4, 0.5) is 0 Å². The van der Waals surface area contributed by atoms with E-state index >= 15 is 0 Å². The van der Waals surface area contributed by atoms with Crippen molar-refractivity contribution in [3.05, 3.63) is 52.8 Å². The van der Waals surface area contributed by atoms with Crippen LogP contribution in [0.15, 0.2) is 30.3 Å². The molecule has 0 aliphatic heterocycles. The van der Waals surface area contributed by atoms with E-state index in [2.05, 4.69) is 9.88 Å². The van der Waals surface area contributed by atoms with Gasteiger partial charge >= 0.3 is 5.97 Å². The molecule has 0 unspecified atom stereocenters. The number of nitrogens with one attached hydrogen (secondary N) is 1. The fourth-order valence-corrected chi connectivity index (χ4v) is 3.36. The van der Waals surface area contributed by atoms with Gasteiger partial charge in [-0.15, -0.1) is 0 Å². The Balaban J connectivity index is 1.82. The highest BCUT2D eigenvalue weighted by Gasteiger charge is 2.18. The number of aromatic nitrogens is 1. The number of para-hydroxylation sites is 1. The molecule has 1 aromatic heterocycles. The number of carbonyl (C=O) groups excluding carboxylic acids is 3. The molecule has 0 aliphatic rings. The molecule has 7 nitrogen and oxygen atoms in total. The maximum atomic E-state index is 12.4. The minimum absolute atomic E-state index is 0.0286. The second-order valence-electron chi connectivity index (χ2n) is 7.04. The molecular formula is C22H28N2O5. The Morgan fingerprint density at radius 2 is 1.79 bits per heavy atom. The number of Topliss-reactive ketones (excluding diaryl/α,β-unsaturated/α-hetero) is 1. The number of aryl methyl sites for hydroxylation is 1. The standard InChI is InChI=1S/C22H28N2O5/c1-14(2)24-15(3)12-18(16(24)4)19(25)13-29-21(26)10-11-23-22(27)17-8-6-7-9-20(17)28-5/h6-9,12,14H,10-11,13H2,1-5H3,(H,23,27). The maximum absolute atomic E-state index is 12.4. The molecule has 1 amide bonds. The van der Waals surface area contributed by atoms with Gasteiger partial charge in [-0.25, -0.2) is 0 Å². The fourth-order valence-electron chi connectivity index (χ4n) is 3.36. The third kappa shape index (κ3) is 5.47. The summed E-state index contributed by atoms with van der Waals surface area (Å²) in [5.41, 5.74) is 2.81. The van der Waals surface area contributed by atoms with Crippen molar-refractivity contribution in [2.24, 2.45) is 0 Å². The van der Waals surface area contributed by atoms with Crippen LogP contribution in [0.1, 0.15) is 58.4 Å². The summed E-state index contributed by atoms with van der Waals surface area (Å²) in [6.07, 6.45) is -0.0286. The molecule has 0 radical (unpaired) electrons. The van der Waals surface area contributed by atoms with Gasteiger partial charge < -0.3 is 19.4 Å². The number of ether oxygens (including phenoxy) is 2. The van der Waals surface area contributed by atoms with E-state index in [9.17, 15) is 14.4 Å². The van der Waals surface area contributed by atoms with Crippen molar-refractivity contribution < 1.29 is 23.9 Å². The monoisotopic (exact) mass is 400 g/mol. The average molecular weight is 400 g/mol. The first-order chi connectivity index (χ1) is 13.8. The SMILES string of the molecule is COc1ccccc1C(=O)NCCC(=O)OCC(=O)c1cc(C)n(C(C)C)c1C. The minimum Gasteiger partial charge on any atom is -0.496 e. The number of benzene rings is 1. The van der Waals surface area contributed by atoms with Crippen molar-refractivity contribution in [2.75, 3.05) is 20.3 Å². The molecular weight excluding hydrogens is 372 g/mol. The van der Waals surface area contributed by atoms with Crippen LogP contribution in [0.2, 0.25) is 0 Å². The van der Waals surface area contributed by atoms with Crippen LogP contribution in [0.3, 0.4) is 0 Å². The number of rotatable bonds is 9. The third-order valence-corrected chi connectivity index (χ3v) is 4.63. The van der Waals surface area contributed by atoms with Crippen molar-refractivity contribution in [3.63, 3.8) is 0 Å². The summed E-state index contributed by atoms with van der Waals surface area (Å²) in [5, 5.41) is 2.65. The third-order valence-electron chi connectivity index (χ3n) is 4.63. The number of hydrogen-bond acceptors (Lipinski definition) is 5. The second kappa shape index (κ2) is 9.91. The zero-order valence-corrected chi connectivity index (χ0v) is 17.6. The van der Waals surface area contributed by atoms with Crippen molar-refractivity contribution >= 4 is 17.7 Å². The molecule has 29 heavy (non-hydrogen) atoms. The largest absolute Gasteiger partial charge is 0.496 e. The smallest absolute Gasteiger partial charge is 0.308 e. The maximum Gasteiger partial charge on any atom is 0.308 e. The zero-order chi connectivity index (χ0) is 21.6. The summed E-state index contributed by atoms with van der Waals surface area (Å²) in [7, 11) is 1.49. The van der Waals surface area contributed by atoms with Gasteiger partial charge in [0.25, 0.3) is 5.91 Å². The lowest BCUT2D eigenvalue weighted by Crippen LogP contribution is -2.27. The molecule has 0 fully saturated rings. The second-order valence-corrected chi connectivity index (χ2v) is 7.04. The van der Waals surface area contributed by atoms with E-state index in [4.69, 9.17) is 9.47 Å². The summed E-state index contributed by atoms with van der Waals surface area (Å²) in [5.74, 6) is -0.669. The van der Waals surface area contributed by atoms with Gasteiger partial charge in [-0.1, -0.05) is 12.1 Å². The molecule has 0 bridgehead atoms. The molecule has 0 spiro atoms. The molecule has 0 saturated heterocycles. The predicted molar refractivity (Wildman–Crippen MR) is 110 cm³/mol. The minimum atomic E-state index is -0.545. The van der Waals surface area contributed by atoms with Gasteiger partial charge in [-0.3, -0.25) is 14.4 Å². The topological polar surface area (TPSA) is 86.6 Å². The summed E-state index contributed by atoms with van der Waals surface area (Å²) in [6.45, 7) is 7.71. The van der Waals surface area contributed by atoms with Gasteiger partial charge in [0.15, 0.2) is 6.61 Å². The zero-order valence-electron chi connectivity index (χ0n) is 17.6. The number of methoxy groups -OCH3 is 1. The van der Waals surface area contributed by atoms with Crippen LogP contribution < -0.4 is 10.1 Å². The van der Waals surface area contributed by atoms with Gasteiger partial charge in [0.1, 0.15) is 5.75 Å². The number of carbonyl (C=O) groups is 3. The van der Waals surface area contributed by atoms with E-state index in [0.29, 0.717) is 16.9 Å². The Morgan fingerprint density at radius 3 is 2.41 bits per heavy atom. The van der Waals surface area contributed by atoms with E-state index < -0.39 is 5.97 Å². The van der Waals surface area contributed by atoms with Crippen molar-refractivity contribution in [3.8, 4) is 5.75 Å². The van der Waals surface area contributed by atoms with Gasteiger partial charge in [0.2, 0.25) is 5.78 Å². The Bertz CT molecular complexity index is 899. The first-order valence-electron chi connectivity index (χ1n) is 9.54. The van der Waals surface area contributed by atoms with E-state index in [0.717, 1.165) is 11.4 Å². The first-order valence-corrected chi connectivity index (χ1v) is 9.54. The molecule has 0 saturated carbocycles. The van der Waals surface area contributed by atoms with Crippen molar-refractivity contribution in [1.82, 2.24) is 9.88 Å². The van der Waals surface area contributed by atoms with Crippen LogP contribution in [-0.4, -0.2) is 42.5 Å². The molecule has 2 aromatic rings. The van der Waals surface area contributed by atoms with Crippen LogP contribution >= 0.6 is 0 Å². The number of hydrogen-bond donors (Lipinski definition) is 1. The van der Waals surface area contributed by atoms with E-state index in [1.807, 2.05) is 33.8 Å². The van der Waals surface area contributed by atoms with Crippen LogP contribution in [0.25, 0.3) is 0 Å². The van der Waals surface area contributed by atoms with E-state index in [-0.39, 0.29) is 37.3 Å². The van der Waals surface area contributed by atoms with Gasteiger partial charge in [-0.05, 0) is 45.9 Å². The first kappa shape index (κ1) is 22.2. The lowest BCUT2D eigenvalue weighted by Gasteiger charge is -2.13. The van der Waals surface area contributed by atoms with Crippen molar-refractivity contribution in [1.29, 1.82) is 0 Å². The highest BCUT2D eigenvalue weighted by atomic mass is 16.5. The molecule has 0 aliphatic carbocycles. The Morgan fingerprint density at radius 1 is 1.10 bits per heavy atom. The van der Waals surface area contributed by atoms with Gasteiger partial charge in [-0.2, -0.15) is 0 Å². The van der Waals surface area contributed by atoms with Gasteiger partial charge in [0, 0.05) is 29.5 Å². The van der Waals surface area contributed by atoms with E-state index in [1.54, 1.807) is 24.3 Å². The highest BCUT2D eigenvalue weighted by Crippen LogP contribution is 2.20. The summed E-state index contributed by atoms with van der Waals surface area (Å²) < 4.78 is 12.3. The quantitative estimate of drug-likeness (QED) is 0.516. The number of ketones is 1. The highest BCUT2D eigenvalue weighted by molar-refractivity contribution is 5.99. The normalized spacial score (nSPS) is 10.7. The summed E-state index contributed by atoms with van der Waals surface area (Å²) in [4.78, 5) is 36.5. The van der Waals surface area contributed by atoms with Crippen LogP contribution in [0, 0.1) is 13.8 Å². The van der Waals surface area contributed by atoms with E-state index in [1.165, 1.54) is 7.11 Å². The molecule has 1 N–H and O–H groups in total. The average Bonchev–Trinajstić information content (AvgIpc) is 3.00. The molecule has 7 heteroatoms. The molecule has 1 heterocycles. The van der Waals surface area contributed by atoms with Crippen molar-refractivity contribution in [2.45, 2.75) is 40.2 Å². The molecule has 156 valence electrons. The Kier molecular flexibility index (Phi) is 7.59. The molecule has 1 aromatic carbocycles. The summed E-state index contributed by atoms with van der Waals surface area (Å²) in [6, 6.07) is 8.88. The lowest BCUT2D eigenvalue weighted by molar-refractivity contribution is -0.142. The number of nitrogens with zero attached hydrogens (tertiary/aromatic N) is 1. The van der Waals surface area contributed by atoms with Crippen LogP contribution in [-0.2, 0) is 9.53 Å².